The van der Waals surface area contributed by atoms with Crippen molar-refractivity contribution < 1.29 is 14.3 Å². The van der Waals surface area contributed by atoms with Crippen LogP contribution >= 0.6 is 0 Å². The van der Waals surface area contributed by atoms with E-state index in [1.54, 1.807) is 18.4 Å². The minimum absolute atomic E-state index is 0.529. The highest BCUT2D eigenvalue weighted by molar-refractivity contribution is 5.35. The Labute approximate surface area is 117 Å². The zero-order chi connectivity index (χ0) is 13.8. The molecule has 2 aromatic carbocycles. The molecule has 0 fully saturated rings. The summed E-state index contributed by atoms with van der Waals surface area (Å²) in [5.41, 5.74) is 0.764. The normalized spacial score (nSPS) is 12.1. The van der Waals surface area contributed by atoms with Gasteiger partial charge in [0.15, 0.2) is 0 Å². The van der Waals surface area contributed by atoms with E-state index in [4.69, 9.17) is 9.15 Å². The van der Waals surface area contributed by atoms with E-state index in [0.717, 1.165) is 17.1 Å². The summed E-state index contributed by atoms with van der Waals surface area (Å²) in [6.07, 6.45) is 0.793. The second-order valence-corrected chi connectivity index (χ2v) is 4.40. The van der Waals surface area contributed by atoms with E-state index in [-0.39, 0.29) is 0 Å². The van der Waals surface area contributed by atoms with Gasteiger partial charge in [-0.2, -0.15) is 0 Å². The molecule has 0 radical (unpaired) electrons. The molecule has 0 saturated carbocycles. The molecule has 1 N–H and O–H groups in total. The van der Waals surface area contributed by atoms with Gasteiger partial charge >= 0.3 is 0 Å². The lowest BCUT2D eigenvalue weighted by Crippen LogP contribution is -1.97. The van der Waals surface area contributed by atoms with Gasteiger partial charge in [-0.15, -0.1) is 0 Å². The summed E-state index contributed by atoms with van der Waals surface area (Å²) in [4.78, 5) is 0. The Morgan fingerprint density at radius 3 is 2.15 bits per heavy atom. The van der Waals surface area contributed by atoms with Gasteiger partial charge in [0.05, 0.1) is 6.26 Å². The van der Waals surface area contributed by atoms with Crippen LogP contribution in [0.25, 0.3) is 0 Å². The minimum Gasteiger partial charge on any atom is -0.466 e. The fraction of sp³-hybridized carbons (Fsp3) is 0.0588. The minimum atomic E-state index is -0.754. The monoisotopic (exact) mass is 266 g/mol. The maximum Gasteiger partial charge on any atom is 0.137 e. The van der Waals surface area contributed by atoms with Crippen LogP contribution in [-0.2, 0) is 0 Å². The maximum absolute atomic E-state index is 10.1. The molecule has 0 aliphatic heterocycles. The molecule has 3 nitrogen and oxygen atoms in total. The standard InChI is InChI=1S/C17H14O3/c18-17(16-7-4-12-19-16)13-8-10-15(11-9-13)20-14-5-2-1-3-6-14/h1-12,17-18H/t17-/m1/s1. The predicted octanol–water partition coefficient (Wildman–Crippen LogP) is 4.15. The van der Waals surface area contributed by atoms with Crippen LogP contribution in [0.15, 0.2) is 77.4 Å². The zero-order valence-corrected chi connectivity index (χ0v) is 10.8. The topological polar surface area (TPSA) is 42.6 Å². The van der Waals surface area contributed by atoms with E-state index in [2.05, 4.69) is 0 Å². The van der Waals surface area contributed by atoms with Crippen LogP contribution in [0.1, 0.15) is 17.4 Å². The number of rotatable bonds is 4. The van der Waals surface area contributed by atoms with Crippen molar-refractivity contribution in [2.24, 2.45) is 0 Å². The summed E-state index contributed by atoms with van der Waals surface area (Å²) in [6.45, 7) is 0. The number of hydrogen-bond acceptors (Lipinski definition) is 3. The third kappa shape index (κ3) is 2.73. The predicted molar refractivity (Wildman–Crippen MR) is 75.7 cm³/mol. The Hall–Kier alpha value is -2.52. The van der Waals surface area contributed by atoms with Gasteiger partial charge in [-0.3, -0.25) is 0 Å². The van der Waals surface area contributed by atoms with Crippen LogP contribution in [0, 0.1) is 0 Å². The summed E-state index contributed by atoms with van der Waals surface area (Å²) < 4.78 is 10.9. The number of aliphatic hydroxyl groups excluding tert-OH is 1. The summed E-state index contributed by atoms with van der Waals surface area (Å²) in [7, 11) is 0. The molecule has 0 spiro atoms. The maximum atomic E-state index is 10.1. The van der Waals surface area contributed by atoms with Gasteiger partial charge in [0, 0.05) is 0 Å². The lowest BCUT2D eigenvalue weighted by Gasteiger charge is -2.10. The van der Waals surface area contributed by atoms with E-state index in [0.29, 0.717) is 5.76 Å². The molecule has 1 heterocycles. The fourth-order valence-corrected chi connectivity index (χ4v) is 1.95. The molecule has 0 bridgehead atoms. The summed E-state index contributed by atoms with van der Waals surface area (Å²) >= 11 is 0. The molecule has 0 aliphatic rings. The molecule has 0 saturated heterocycles. The Morgan fingerprint density at radius 1 is 0.800 bits per heavy atom. The van der Waals surface area contributed by atoms with E-state index in [9.17, 15) is 5.11 Å². The average Bonchev–Trinajstić information content (AvgIpc) is 3.03. The van der Waals surface area contributed by atoms with Gasteiger partial charge in [0.1, 0.15) is 23.4 Å². The number of aliphatic hydroxyl groups is 1. The van der Waals surface area contributed by atoms with Crippen molar-refractivity contribution in [2.45, 2.75) is 6.10 Å². The smallest absolute Gasteiger partial charge is 0.137 e. The number of furan rings is 1. The summed E-state index contributed by atoms with van der Waals surface area (Å²) in [6, 6.07) is 20.4. The van der Waals surface area contributed by atoms with Crippen LogP contribution in [0.2, 0.25) is 0 Å². The number of benzene rings is 2. The SMILES string of the molecule is O[C@H](c1ccc(Oc2ccccc2)cc1)c1ccco1. The highest BCUT2D eigenvalue weighted by Gasteiger charge is 2.12. The molecular formula is C17H14O3. The van der Waals surface area contributed by atoms with Crippen molar-refractivity contribution in [1.29, 1.82) is 0 Å². The van der Waals surface area contributed by atoms with Gasteiger partial charge in [-0.1, -0.05) is 30.3 Å². The quantitative estimate of drug-likeness (QED) is 0.771. The van der Waals surface area contributed by atoms with Crippen LogP contribution in [-0.4, -0.2) is 5.11 Å². The Kier molecular flexibility index (Phi) is 3.52. The molecule has 0 unspecified atom stereocenters. The van der Waals surface area contributed by atoms with E-state index in [1.165, 1.54) is 0 Å². The Bertz CT molecular complexity index is 642. The van der Waals surface area contributed by atoms with Gasteiger partial charge in [0.25, 0.3) is 0 Å². The van der Waals surface area contributed by atoms with Crippen LogP contribution < -0.4 is 4.74 Å². The highest BCUT2D eigenvalue weighted by Crippen LogP contribution is 2.26. The van der Waals surface area contributed by atoms with E-state index < -0.39 is 6.10 Å². The van der Waals surface area contributed by atoms with Gasteiger partial charge in [-0.05, 0) is 42.0 Å². The second-order valence-electron chi connectivity index (χ2n) is 4.40. The van der Waals surface area contributed by atoms with E-state index in [1.807, 2.05) is 54.6 Å². The largest absolute Gasteiger partial charge is 0.466 e. The van der Waals surface area contributed by atoms with Crippen molar-refractivity contribution in [1.82, 2.24) is 0 Å². The third-order valence-corrected chi connectivity index (χ3v) is 2.99. The van der Waals surface area contributed by atoms with Gasteiger partial charge in [0.2, 0.25) is 0 Å². The molecule has 0 aliphatic carbocycles. The first-order chi connectivity index (χ1) is 9.83. The van der Waals surface area contributed by atoms with E-state index >= 15 is 0 Å². The molecule has 3 aromatic rings. The molecule has 3 rings (SSSR count). The van der Waals surface area contributed by atoms with Crippen LogP contribution in [0.3, 0.4) is 0 Å². The van der Waals surface area contributed by atoms with Crippen molar-refractivity contribution >= 4 is 0 Å². The number of para-hydroxylation sites is 1. The number of hydrogen-bond donors (Lipinski definition) is 1. The summed E-state index contributed by atoms with van der Waals surface area (Å²) in [5.74, 6) is 2.04. The summed E-state index contributed by atoms with van der Waals surface area (Å²) in [5, 5.41) is 10.1. The molecule has 3 heteroatoms. The Balaban J connectivity index is 1.75. The van der Waals surface area contributed by atoms with Gasteiger partial charge in [-0.25, -0.2) is 0 Å². The van der Waals surface area contributed by atoms with Crippen molar-refractivity contribution in [3.63, 3.8) is 0 Å². The highest BCUT2D eigenvalue weighted by atomic mass is 16.5. The van der Waals surface area contributed by atoms with Crippen molar-refractivity contribution in [2.75, 3.05) is 0 Å². The molecule has 1 aromatic heterocycles. The van der Waals surface area contributed by atoms with Gasteiger partial charge < -0.3 is 14.3 Å². The number of ether oxygens (including phenoxy) is 1. The molecule has 0 amide bonds. The van der Waals surface area contributed by atoms with Crippen LogP contribution in [0.5, 0.6) is 11.5 Å². The average molecular weight is 266 g/mol. The first-order valence-corrected chi connectivity index (χ1v) is 6.37. The lowest BCUT2D eigenvalue weighted by molar-refractivity contribution is 0.189. The fourth-order valence-electron chi connectivity index (χ4n) is 1.95. The first-order valence-electron chi connectivity index (χ1n) is 6.37. The first kappa shape index (κ1) is 12.5. The molecule has 20 heavy (non-hydrogen) atoms. The van der Waals surface area contributed by atoms with Crippen LogP contribution in [0.4, 0.5) is 0 Å². The Morgan fingerprint density at radius 2 is 1.50 bits per heavy atom. The second kappa shape index (κ2) is 5.63. The molecular weight excluding hydrogens is 252 g/mol. The molecule has 100 valence electrons. The zero-order valence-electron chi connectivity index (χ0n) is 10.8. The molecule has 1 atom stereocenters. The third-order valence-electron chi connectivity index (χ3n) is 2.99. The lowest BCUT2D eigenvalue weighted by atomic mass is 10.1. The van der Waals surface area contributed by atoms with Crippen molar-refractivity contribution in [3.8, 4) is 11.5 Å². The van der Waals surface area contributed by atoms with Crippen molar-refractivity contribution in [3.05, 3.63) is 84.3 Å².